The first-order valence-electron chi connectivity index (χ1n) is 10.3. The van der Waals surface area contributed by atoms with E-state index in [1.54, 1.807) is 19.1 Å². The number of rotatable bonds is 4. The lowest BCUT2D eigenvalue weighted by Gasteiger charge is -2.10. The Morgan fingerprint density at radius 2 is 1.80 bits per heavy atom. The summed E-state index contributed by atoms with van der Waals surface area (Å²) in [5.41, 5.74) is -0.191. The maximum atomic E-state index is 13.0. The minimum absolute atomic E-state index is 0.00683. The average molecular weight is 479 g/mol. The second-order valence-corrected chi connectivity index (χ2v) is 7.63. The molecule has 12 heteroatoms. The Balaban J connectivity index is 1.55. The summed E-state index contributed by atoms with van der Waals surface area (Å²) < 4.78 is 41.8. The van der Waals surface area contributed by atoms with Gasteiger partial charge >= 0.3 is 6.18 Å². The molecular formula is C23H16F3N7O2. The smallest absolute Gasteiger partial charge is 0.306 e. The van der Waals surface area contributed by atoms with Gasteiger partial charge in [0.05, 0.1) is 23.1 Å². The molecule has 0 atom stereocenters. The number of hydrogen-bond acceptors (Lipinski definition) is 5. The third-order valence-electron chi connectivity index (χ3n) is 5.15. The standard InChI is InChI=1S/C23H16F3N7O2/c1-13-10-18(28-20(34)14-6-5-7-15(11-14)23(24,25)26)33(31-13)22-29-19-17(21(35)30-22)12-27-32(19)16-8-3-2-4-9-16/h2-12H,1H3,(H,28,34)(H,29,30,35). The lowest BCUT2D eigenvalue weighted by atomic mass is 10.1. The van der Waals surface area contributed by atoms with Crippen LogP contribution in [-0.2, 0) is 6.18 Å². The molecule has 2 N–H and O–H groups in total. The van der Waals surface area contributed by atoms with E-state index in [4.69, 9.17) is 0 Å². The number of hydrogen-bond donors (Lipinski definition) is 2. The molecule has 35 heavy (non-hydrogen) atoms. The molecule has 5 aromatic rings. The number of benzene rings is 2. The lowest BCUT2D eigenvalue weighted by molar-refractivity contribution is -0.137. The first-order valence-corrected chi connectivity index (χ1v) is 10.3. The van der Waals surface area contributed by atoms with Gasteiger partial charge in [-0.2, -0.15) is 33.0 Å². The van der Waals surface area contributed by atoms with Gasteiger partial charge in [-0.3, -0.25) is 14.6 Å². The normalized spacial score (nSPS) is 11.7. The monoisotopic (exact) mass is 479 g/mol. The van der Waals surface area contributed by atoms with Crippen molar-refractivity contribution in [1.82, 2.24) is 29.5 Å². The van der Waals surface area contributed by atoms with Crippen molar-refractivity contribution in [3.63, 3.8) is 0 Å². The molecule has 0 aliphatic carbocycles. The van der Waals surface area contributed by atoms with Gasteiger partial charge in [0, 0.05) is 11.6 Å². The second-order valence-electron chi connectivity index (χ2n) is 7.63. The number of aromatic nitrogens is 6. The number of alkyl halides is 3. The van der Waals surface area contributed by atoms with Crippen LogP contribution in [0.2, 0.25) is 0 Å². The summed E-state index contributed by atoms with van der Waals surface area (Å²) in [6.45, 7) is 1.65. The van der Waals surface area contributed by atoms with Crippen molar-refractivity contribution in [3.8, 4) is 11.6 Å². The Kier molecular flexibility index (Phi) is 5.20. The van der Waals surface area contributed by atoms with Crippen LogP contribution in [0.1, 0.15) is 21.6 Å². The van der Waals surface area contributed by atoms with Crippen LogP contribution in [0.3, 0.4) is 0 Å². The molecule has 0 saturated carbocycles. The molecule has 3 aromatic heterocycles. The first-order chi connectivity index (χ1) is 16.7. The number of nitrogens with zero attached hydrogens (tertiary/aromatic N) is 5. The Morgan fingerprint density at radius 3 is 2.54 bits per heavy atom. The van der Waals surface area contributed by atoms with Crippen LogP contribution in [0.25, 0.3) is 22.7 Å². The molecule has 0 fully saturated rings. The van der Waals surface area contributed by atoms with Crippen molar-refractivity contribution in [2.24, 2.45) is 0 Å². The van der Waals surface area contributed by atoms with Gasteiger partial charge in [0.2, 0.25) is 5.95 Å². The number of amides is 1. The summed E-state index contributed by atoms with van der Waals surface area (Å²) in [5.74, 6) is -0.680. The Hall–Kier alpha value is -4.74. The summed E-state index contributed by atoms with van der Waals surface area (Å²) in [6.07, 6.45) is -3.20. The van der Waals surface area contributed by atoms with Crippen molar-refractivity contribution < 1.29 is 18.0 Å². The van der Waals surface area contributed by atoms with E-state index >= 15 is 0 Å². The van der Waals surface area contributed by atoms with Crippen LogP contribution in [0.5, 0.6) is 0 Å². The zero-order valence-electron chi connectivity index (χ0n) is 18.0. The number of halogens is 3. The lowest BCUT2D eigenvalue weighted by Crippen LogP contribution is -2.19. The maximum Gasteiger partial charge on any atom is 0.416 e. The molecule has 0 aliphatic heterocycles. The van der Waals surface area contributed by atoms with Crippen molar-refractivity contribution in [3.05, 3.63) is 94.0 Å². The fraction of sp³-hybridized carbons (Fsp3) is 0.0870. The third-order valence-corrected chi connectivity index (χ3v) is 5.15. The zero-order valence-corrected chi connectivity index (χ0v) is 18.0. The Morgan fingerprint density at radius 1 is 1.03 bits per heavy atom. The fourth-order valence-corrected chi connectivity index (χ4v) is 3.54. The molecule has 9 nitrogen and oxygen atoms in total. The Bertz CT molecular complexity index is 1620. The number of carbonyl (C=O) groups excluding carboxylic acids is 1. The molecule has 5 rings (SSSR count). The summed E-state index contributed by atoms with van der Waals surface area (Å²) in [4.78, 5) is 32.6. The predicted octanol–water partition coefficient (Wildman–Crippen LogP) is 3.87. The highest BCUT2D eigenvalue weighted by atomic mass is 19.4. The predicted molar refractivity (Wildman–Crippen MR) is 121 cm³/mol. The zero-order chi connectivity index (χ0) is 24.7. The van der Waals surface area contributed by atoms with Gasteiger partial charge < -0.3 is 5.32 Å². The summed E-state index contributed by atoms with van der Waals surface area (Å²) in [7, 11) is 0. The number of aromatic amines is 1. The molecule has 2 aromatic carbocycles. The van der Waals surface area contributed by atoms with Crippen molar-refractivity contribution in [2.45, 2.75) is 13.1 Å². The molecule has 0 aliphatic rings. The quantitative estimate of drug-likeness (QED) is 0.407. The topological polar surface area (TPSA) is 110 Å². The van der Waals surface area contributed by atoms with E-state index in [1.165, 1.54) is 27.7 Å². The molecule has 1 amide bonds. The van der Waals surface area contributed by atoms with Crippen LogP contribution in [0.4, 0.5) is 19.0 Å². The molecule has 3 heterocycles. The van der Waals surface area contributed by atoms with Crippen molar-refractivity contribution in [1.29, 1.82) is 0 Å². The van der Waals surface area contributed by atoms with Crippen molar-refractivity contribution >= 4 is 22.8 Å². The third kappa shape index (κ3) is 4.16. The summed E-state index contributed by atoms with van der Waals surface area (Å²) in [6, 6.07) is 14.6. The average Bonchev–Trinajstić information content (AvgIpc) is 3.42. The first kappa shape index (κ1) is 22.1. The van der Waals surface area contributed by atoms with Gasteiger partial charge in [-0.15, -0.1) is 0 Å². The molecular weight excluding hydrogens is 463 g/mol. The number of anilines is 1. The van der Waals surface area contributed by atoms with Crippen LogP contribution < -0.4 is 10.9 Å². The number of H-pyrrole nitrogens is 1. The van der Waals surface area contributed by atoms with E-state index in [9.17, 15) is 22.8 Å². The van der Waals surface area contributed by atoms with Gasteiger partial charge in [-0.05, 0) is 37.3 Å². The number of fused-ring (bicyclic) bond motifs is 1. The SMILES string of the molecule is Cc1cc(NC(=O)c2cccc(C(F)(F)F)c2)n(-c2nc3c(cnn3-c3ccccc3)c(=O)[nH]2)n1. The molecule has 0 bridgehead atoms. The van der Waals surface area contributed by atoms with E-state index < -0.39 is 23.2 Å². The summed E-state index contributed by atoms with van der Waals surface area (Å²) >= 11 is 0. The van der Waals surface area contributed by atoms with Crippen LogP contribution in [0, 0.1) is 6.92 Å². The van der Waals surface area contributed by atoms with E-state index in [1.807, 2.05) is 18.2 Å². The van der Waals surface area contributed by atoms with Crippen LogP contribution in [0.15, 0.2) is 71.7 Å². The minimum Gasteiger partial charge on any atom is -0.306 e. The van der Waals surface area contributed by atoms with E-state index in [0.29, 0.717) is 11.4 Å². The largest absolute Gasteiger partial charge is 0.416 e. The van der Waals surface area contributed by atoms with Gasteiger partial charge in [-0.1, -0.05) is 24.3 Å². The van der Waals surface area contributed by atoms with Crippen molar-refractivity contribution in [2.75, 3.05) is 5.32 Å². The molecule has 176 valence electrons. The number of aryl methyl sites for hydroxylation is 1. The molecule has 0 radical (unpaired) electrons. The summed E-state index contributed by atoms with van der Waals surface area (Å²) in [5, 5.41) is 11.3. The molecule has 0 saturated heterocycles. The van der Waals surface area contributed by atoms with Gasteiger partial charge in [0.25, 0.3) is 11.5 Å². The number of para-hydroxylation sites is 1. The van der Waals surface area contributed by atoms with Gasteiger partial charge in [0.15, 0.2) is 5.65 Å². The highest BCUT2D eigenvalue weighted by Crippen LogP contribution is 2.29. The highest BCUT2D eigenvalue weighted by molar-refractivity contribution is 6.04. The van der Waals surface area contributed by atoms with Gasteiger partial charge in [0.1, 0.15) is 11.2 Å². The van der Waals surface area contributed by atoms with E-state index in [-0.39, 0.29) is 28.4 Å². The highest BCUT2D eigenvalue weighted by Gasteiger charge is 2.31. The molecule has 0 unspecified atom stereocenters. The fourth-order valence-electron chi connectivity index (χ4n) is 3.54. The maximum absolute atomic E-state index is 13.0. The van der Waals surface area contributed by atoms with Crippen LogP contribution in [-0.4, -0.2) is 35.4 Å². The molecule has 0 spiro atoms. The van der Waals surface area contributed by atoms with Gasteiger partial charge in [-0.25, -0.2) is 4.68 Å². The second kappa shape index (κ2) is 8.24. The van der Waals surface area contributed by atoms with E-state index in [2.05, 4.69) is 25.5 Å². The minimum atomic E-state index is -4.59. The Labute approximate surface area is 194 Å². The van der Waals surface area contributed by atoms with Crippen LogP contribution >= 0.6 is 0 Å². The van der Waals surface area contributed by atoms with E-state index in [0.717, 1.165) is 18.2 Å². The number of carbonyl (C=O) groups is 1. The number of nitrogens with one attached hydrogen (secondary N) is 2.